The molecule has 0 unspecified atom stereocenters. The van der Waals surface area contributed by atoms with Crippen molar-refractivity contribution in [3.05, 3.63) is 88.5 Å². The number of methoxy groups -OCH3 is 1. The summed E-state index contributed by atoms with van der Waals surface area (Å²) in [7, 11) is 1.45. The number of ketones is 2. The lowest BCUT2D eigenvalue weighted by molar-refractivity contribution is -0.119. The summed E-state index contributed by atoms with van der Waals surface area (Å²) in [6, 6.07) is 15.6. The molecule has 1 N–H and O–H groups in total. The fraction of sp³-hybridized carbons (Fsp3) is 0.154. The Morgan fingerprint density at radius 2 is 1.50 bits per heavy atom. The number of ether oxygens (including phenoxy) is 3. The first-order valence-corrected chi connectivity index (χ1v) is 10.5. The van der Waals surface area contributed by atoms with Crippen LogP contribution in [0.15, 0.2) is 60.7 Å². The van der Waals surface area contributed by atoms with Gasteiger partial charge < -0.3 is 19.5 Å². The average Bonchev–Trinajstić information content (AvgIpc) is 2.86. The number of rotatable bonds is 7. The van der Waals surface area contributed by atoms with Gasteiger partial charge in [-0.15, -0.1) is 0 Å². The molecular formula is C26H21NO7. The van der Waals surface area contributed by atoms with Gasteiger partial charge >= 0.3 is 5.97 Å². The first kappa shape index (κ1) is 22.7. The summed E-state index contributed by atoms with van der Waals surface area (Å²) in [5.74, 6) is -0.988. The zero-order valence-corrected chi connectivity index (χ0v) is 18.5. The van der Waals surface area contributed by atoms with Crippen molar-refractivity contribution in [3.63, 3.8) is 0 Å². The SMILES string of the molecule is CCOc1ccc(C(=O)OCC(=O)Nc2ccc3c(c2)C(=O)c2ccccc2C3=O)cc1OC. The van der Waals surface area contributed by atoms with Gasteiger partial charge in [0.2, 0.25) is 0 Å². The highest BCUT2D eigenvalue weighted by Gasteiger charge is 2.29. The molecule has 172 valence electrons. The van der Waals surface area contributed by atoms with Crippen molar-refractivity contribution in [2.45, 2.75) is 6.92 Å². The number of esters is 1. The highest BCUT2D eigenvalue weighted by molar-refractivity contribution is 6.28. The van der Waals surface area contributed by atoms with Gasteiger partial charge in [0.05, 0.1) is 19.3 Å². The van der Waals surface area contributed by atoms with Crippen LogP contribution in [0, 0.1) is 0 Å². The first-order chi connectivity index (χ1) is 16.4. The number of hydrogen-bond acceptors (Lipinski definition) is 7. The molecule has 0 fully saturated rings. The number of hydrogen-bond donors (Lipinski definition) is 1. The molecule has 0 saturated heterocycles. The molecule has 3 aromatic rings. The summed E-state index contributed by atoms with van der Waals surface area (Å²) in [5.41, 5.74) is 1.67. The molecule has 0 aromatic heterocycles. The second-order valence-electron chi connectivity index (χ2n) is 7.39. The van der Waals surface area contributed by atoms with Gasteiger partial charge in [0, 0.05) is 27.9 Å². The van der Waals surface area contributed by atoms with E-state index in [0.29, 0.717) is 34.9 Å². The van der Waals surface area contributed by atoms with Crippen LogP contribution in [0.3, 0.4) is 0 Å². The van der Waals surface area contributed by atoms with Crippen molar-refractivity contribution in [2.75, 3.05) is 25.6 Å². The highest BCUT2D eigenvalue weighted by Crippen LogP contribution is 2.30. The van der Waals surface area contributed by atoms with E-state index in [4.69, 9.17) is 14.2 Å². The topological polar surface area (TPSA) is 108 Å². The van der Waals surface area contributed by atoms with Gasteiger partial charge in [0.25, 0.3) is 5.91 Å². The number of nitrogens with one attached hydrogen (secondary N) is 1. The third kappa shape index (κ3) is 4.38. The van der Waals surface area contributed by atoms with Crippen LogP contribution in [0.5, 0.6) is 11.5 Å². The van der Waals surface area contributed by atoms with E-state index in [0.717, 1.165) is 0 Å². The Bertz CT molecular complexity index is 1310. The zero-order valence-electron chi connectivity index (χ0n) is 18.5. The van der Waals surface area contributed by atoms with E-state index < -0.39 is 18.5 Å². The van der Waals surface area contributed by atoms with E-state index in [1.807, 2.05) is 6.92 Å². The van der Waals surface area contributed by atoms with Crippen LogP contribution in [0.4, 0.5) is 5.69 Å². The predicted octanol–water partition coefficient (Wildman–Crippen LogP) is 3.66. The van der Waals surface area contributed by atoms with Crippen LogP contribution in [0.25, 0.3) is 0 Å². The standard InChI is InChI=1S/C26H21NO7/c1-3-33-21-11-8-15(12-22(21)32-2)26(31)34-14-23(28)27-16-9-10-19-20(13-16)25(30)18-7-5-4-6-17(18)24(19)29/h4-13H,3,14H2,1-2H3,(H,27,28). The molecule has 8 nitrogen and oxygen atoms in total. The fourth-order valence-electron chi connectivity index (χ4n) is 3.66. The Morgan fingerprint density at radius 1 is 0.824 bits per heavy atom. The first-order valence-electron chi connectivity index (χ1n) is 10.5. The molecule has 3 aromatic carbocycles. The van der Waals surface area contributed by atoms with Gasteiger partial charge in [-0.25, -0.2) is 4.79 Å². The van der Waals surface area contributed by atoms with Crippen molar-refractivity contribution in [2.24, 2.45) is 0 Å². The number of fused-ring (bicyclic) bond motifs is 2. The van der Waals surface area contributed by atoms with Crippen LogP contribution in [-0.2, 0) is 9.53 Å². The van der Waals surface area contributed by atoms with Crippen molar-refractivity contribution >= 4 is 29.1 Å². The molecule has 1 amide bonds. The monoisotopic (exact) mass is 459 g/mol. The van der Waals surface area contributed by atoms with E-state index in [-0.39, 0.29) is 28.3 Å². The van der Waals surface area contributed by atoms with Gasteiger partial charge in [0.1, 0.15) is 0 Å². The maximum atomic E-state index is 12.8. The maximum Gasteiger partial charge on any atom is 0.338 e. The molecule has 4 rings (SSSR count). The second kappa shape index (κ2) is 9.58. The van der Waals surface area contributed by atoms with E-state index in [1.165, 1.54) is 37.4 Å². The Labute approximate surface area is 195 Å². The van der Waals surface area contributed by atoms with Crippen LogP contribution < -0.4 is 14.8 Å². The Balaban J connectivity index is 1.42. The minimum absolute atomic E-state index is 0.199. The third-order valence-corrected chi connectivity index (χ3v) is 5.24. The van der Waals surface area contributed by atoms with Crippen LogP contribution in [0.2, 0.25) is 0 Å². The van der Waals surface area contributed by atoms with Crippen LogP contribution in [-0.4, -0.2) is 43.8 Å². The number of benzene rings is 3. The molecule has 1 aliphatic carbocycles. The number of carbonyl (C=O) groups excluding carboxylic acids is 4. The quantitative estimate of drug-likeness (QED) is 0.420. The molecule has 8 heteroatoms. The van der Waals surface area contributed by atoms with Crippen molar-refractivity contribution < 1.29 is 33.4 Å². The minimum atomic E-state index is -0.709. The van der Waals surface area contributed by atoms with E-state index in [9.17, 15) is 19.2 Å². The molecule has 34 heavy (non-hydrogen) atoms. The minimum Gasteiger partial charge on any atom is -0.493 e. The molecule has 0 bridgehead atoms. The Hall–Kier alpha value is -4.46. The summed E-state index contributed by atoms with van der Waals surface area (Å²) >= 11 is 0. The number of anilines is 1. The lowest BCUT2D eigenvalue weighted by Crippen LogP contribution is -2.23. The van der Waals surface area contributed by atoms with E-state index >= 15 is 0 Å². The summed E-state index contributed by atoms with van der Waals surface area (Å²) in [6.45, 7) is 1.73. The van der Waals surface area contributed by atoms with Gasteiger partial charge in [-0.05, 0) is 43.3 Å². The molecule has 0 heterocycles. The van der Waals surface area contributed by atoms with Gasteiger partial charge in [-0.2, -0.15) is 0 Å². The lowest BCUT2D eigenvalue weighted by Gasteiger charge is -2.18. The van der Waals surface area contributed by atoms with Crippen molar-refractivity contribution in [1.82, 2.24) is 0 Å². The molecule has 1 aliphatic rings. The van der Waals surface area contributed by atoms with Gasteiger partial charge in [-0.1, -0.05) is 24.3 Å². The Morgan fingerprint density at radius 3 is 2.18 bits per heavy atom. The second-order valence-corrected chi connectivity index (χ2v) is 7.39. The summed E-state index contributed by atoms with van der Waals surface area (Å²) in [4.78, 5) is 50.2. The van der Waals surface area contributed by atoms with Crippen molar-refractivity contribution in [1.29, 1.82) is 0 Å². The number of amides is 1. The number of carbonyl (C=O) groups is 4. The molecule has 0 radical (unpaired) electrons. The highest BCUT2D eigenvalue weighted by atomic mass is 16.5. The molecule has 0 saturated carbocycles. The van der Waals surface area contributed by atoms with Crippen LogP contribution >= 0.6 is 0 Å². The maximum absolute atomic E-state index is 12.8. The predicted molar refractivity (Wildman–Crippen MR) is 123 cm³/mol. The lowest BCUT2D eigenvalue weighted by atomic mass is 9.84. The zero-order chi connectivity index (χ0) is 24.2. The summed E-state index contributed by atoms with van der Waals surface area (Å²) in [6.07, 6.45) is 0. The normalized spacial score (nSPS) is 11.8. The largest absolute Gasteiger partial charge is 0.493 e. The van der Waals surface area contributed by atoms with E-state index in [1.54, 1.807) is 30.3 Å². The third-order valence-electron chi connectivity index (χ3n) is 5.24. The molecule has 0 aliphatic heterocycles. The molecule has 0 spiro atoms. The fourth-order valence-corrected chi connectivity index (χ4v) is 3.66. The van der Waals surface area contributed by atoms with Gasteiger partial charge in [0.15, 0.2) is 29.7 Å². The smallest absolute Gasteiger partial charge is 0.338 e. The summed E-state index contributed by atoms with van der Waals surface area (Å²) < 4.78 is 15.7. The summed E-state index contributed by atoms with van der Waals surface area (Å²) in [5, 5.41) is 2.58. The average molecular weight is 459 g/mol. The molecule has 0 atom stereocenters. The Kier molecular flexibility index (Phi) is 6.40. The van der Waals surface area contributed by atoms with Crippen molar-refractivity contribution in [3.8, 4) is 11.5 Å². The van der Waals surface area contributed by atoms with E-state index in [2.05, 4.69) is 5.32 Å². The van der Waals surface area contributed by atoms with Crippen LogP contribution in [0.1, 0.15) is 49.1 Å². The molecular weight excluding hydrogens is 438 g/mol. The van der Waals surface area contributed by atoms with Gasteiger partial charge in [-0.3, -0.25) is 14.4 Å².